The van der Waals surface area contributed by atoms with Crippen LogP contribution in [-0.4, -0.2) is 25.9 Å². The number of hydrogen-bond acceptors (Lipinski definition) is 5. The minimum atomic E-state index is -0.922. The van der Waals surface area contributed by atoms with Crippen molar-refractivity contribution >= 4 is 17.4 Å². The fraction of sp³-hybridized carbons (Fsp3) is 0.235. The van der Waals surface area contributed by atoms with E-state index in [0.717, 1.165) is 33.8 Å². The molecule has 0 aliphatic rings. The molecule has 40 heavy (non-hydrogen) atoms. The van der Waals surface area contributed by atoms with Gasteiger partial charge in [0.15, 0.2) is 0 Å². The molecular formula is C34H35NO5. The first-order chi connectivity index (χ1) is 19.3. The van der Waals surface area contributed by atoms with Crippen LogP contribution >= 0.6 is 0 Å². The van der Waals surface area contributed by atoms with Gasteiger partial charge in [0.1, 0.15) is 22.9 Å². The van der Waals surface area contributed by atoms with Crippen LogP contribution in [0.4, 0.5) is 5.69 Å². The van der Waals surface area contributed by atoms with Crippen LogP contribution in [0.2, 0.25) is 0 Å². The van der Waals surface area contributed by atoms with E-state index in [1.807, 2.05) is 91.0 Å². The van der Waals surface area contributed by atoms with Crippen LogP contribution in [-0.2, 0) is 26.5 Å². The molecule has 6 nitrogen and oxygen atoms in total. The molecule has 4 aromatic rings. The number of amides is 1. The first kappa shape index (κ1) is 28.6. The molecule has 0 fully saturated rings. The van der Waals surface area contributed by atoms with E-state index in [0.29, 0.717) is 12.3 Å². The molecule has 0 aliphatic heterocycles. The summed E-state index contributed by atoms with van der Waals surface area (Å²) < 4.78 is 17.8. The van der Waals surface area contributed by atoms with Crippen molar-refractivity contribution in [2.75, 3.05) is 19.5 Å². The first-order valence-electron chi connectivity index (χ1n) is 13.2. The maximum absolute atomic E-state index is 12.4. The van der Waals surface area contributed by atoms with E-state index in [4.69, 9.17) is 14.2 Å². The van der Waals surface area contributed by atoms with Crippen molar-refractivity contribution in [3.05, 3.63) is 125 Å². The molecule has 0 heterocycles. The average molecular weight is 538 g/mol. The predicted octanol–water partition coefficient (Wildman–Crippen LogP) is 6.77. The molecule has 1 unspecified atom stereocenters. The van der Waals surface area contributed by atoms with E-state index in [2.05, 4.69) is 17.4 Å². The lowest BCUT2D eigenvalue weighted by Gasteiger charge is -2.36. The number of carbonyl (C=O) groups excluding carboxylic acids is 2. The molecule has 0 aliphatic carbocycles. The van der Waals surface area contributed by atoms with E-state index in [9.17, 15) is 9.59 Å². The Kier molecular flexibility index (Phi) is 9.35. The zero-order valence-electron chi connectivity index (χ0n) is 23.3. The lowest BCUT2D eigenvalue weighted by molar-refractivity contribution is -0.124. The van der Waals surface area contributed by atoms with Crippen LogP contribution in [0.1, 0.15) is 42.5 Å². The third-order valence-corrected chi connectivity index (χ3v) is 6.89. The molecule has 1 N–H and O–H groups in total. The Hall–Kier alpha value is -4.42. The van der Waals surface area contributed by atoms with Crippen LogP contribution in [0.25, 0.3) is 0 Å². The van der Waals surface area contributed by atoms with Crippen molar-refractivity contribution in [3.63, 3.8) is 0 Å². The van der Waals surface area contributed by atoms with Gasteiger partial charge in [-0.15, -0.1) is 0 Å². The van der Waals surface area contributed by atoms with E-state index in [-0.39, 0.29) is 24.0 Å². The van der Waals surface area contributed by atoms with Gasteiger partial charge in [-0.25, -0.2) is 0 Å². The molecule has 1 atom stereocenters. The Bertz CT molecular complexity index is 1350. The molecular weight excluding hydrogens is 502 g/mol. The molecule has 0 aromatic heterocycles. The Morgan fingerprint density at radius 2 is 1.23 bits per heavy atom. The third-order valence-electron chi connectivity index (χ3n) is 6.89. The highest BCUT2D eigenvalue weighted by atomic mass is 16.5. The zero-order valence-corrected chi connectivity index (χ0v) is 23.3. The van der Waals surface area contributed by atoms with Crippen LogP contribution < -0.4 is 14.8 Å². The van der Waals surface area contributed by atoms with Gasteiger partial charge in [-0.1, -0.05) is 73.7 Å². The molecule has 0 saturated heterocycles. The third kappa shape index (κ3) is 6.58. The summed E-state index contributed by atoms with van der Waals surface area (Å²) >= 11 is 0. The molecule has 6 heteroatoms. The number of methoxy groups -OCH3 is 2. The Balaban J connectivity index is 1.67. The van der Waals surface area contributed by atoms with E-state index in [1.165, 1.54) is 6.92 Å². The summed E-state index contributed by atoms with van der Waals surface area (Å²) in [5.41, 5.74) is 3.57. The Labute approximate surface area is 235 Å². The smallest absolute Gasteiger partial charge is 0.227 e. The summed E-state index contributed by atoms with van der Waals surface area (Å²) in [6.45, 7) is 3.55. The highest BCUT2D eigenvalue weighted by Crippen LogP contribution is 2.42. The lowest BCUT2D eigenvalue weighted by atomic mass is 9.80. The quantitative estimate of drug-likeness (QED) is 0.202. The maximum atomic E-state index is 12.4. The Morgan fingerprint density at radius 1 is 0.725 bits per heavy atom. The van der Waals surface area contributed by atoms with Crippen LogP contribution in [0, 0.1) is 5.92 Å². The summed E-state index contributed by atoms with van der Waals surface area (Å²) in [5.74, 6) is 0.944. The molecule has 0 saturated carbocycles. The highest BCUT2D eigenvalue weighted by molar-refractivity contribution is 5.94. The number of Topliss-reactive ketones (excluding diaryl/α,β-unsaturated/α-hetero) is 1. The number of ether oxygens (including phenoxy) is 3. The minimum Gasteiger partial charge on any atom is -0.497 e. The fourth-order valence-electron chi connectivity index (χ4n) is 4.74. The second-order valence-corrected chi connectivity index (χ2v) is 9.79. The van der Waals surface area contributed by atoms with Crippen molar-refractivity contribution in [1.82, 2.24) is 0 Å². The fourth-order valence-corrected chi connectivity index (χ4v) is 4.74. The van der Waals surface area contributed by atoms with Crippen molar-refractivity contribution in [2.24, 2.45) is 5.92 Å². The van der Waals surface area contributed by atoms with Gasteiger partial charge in [-0.05, 0) is 65.6 Å². The molecule has 0 radical (unpaired) electrons. The molecule has 4 aromatic carbocycles. The summed E-state index contributed by atoms with van der Waals surface area (Å²) in [6.07, 6.45) is 0.218. The van der Waals surface area contributed by atoms with Crippen molar-refractivity contribution in [3.8, 4) is 11.5 Å². The predicted molar refractivity (Wildman–Crippen MR) is 157 cm³/mol. The monoisotopic (exact) mass is 537 g/mol. The van der Waals surface area contributed by atoms with Crippen molar-refractivity contribution in [1.29, 1.82) is 0 Å². The number of carbonyl (C=O) groups is 2. The number of ketones is 1. The van der Waals surface area contributed by atoms with Gasteiger partial charge in [0.25, 0.3) is 0 Å². The van der Waals surface area contributed by atoms with E-state index in [1.54, 1.807) is 21.1 Å². The number of benzene rings is 4. The number of anilines is 1. The van der Waals surface area contributed by atoms with Crippen molar-refractivity contribution in [2.45, 2.75) is 32.5 Å². The summed E-state index contributed by atoms with van der Waals surface area (Å²) in [6, 6.07) is 33.5. The van der Waals surface area contributed by atoms with Gasteiger partial charge in [0.2, 0.25) is 5.91 Å². The zero-order chi connectivity index (χ0) is 28.5. The maximum Gasteiger partial charge on any atom is 0.227 e. The van der Waals surface area contributed by atoms with Crippen LogP contribution in [0.3, 0.4) is 0 Å². The molecule has 1 amide bonds. The van der Waals surface area contributed by atoms with Gasteiger partial charge in [-0.3, -0.25) is 4.79 Å². The molecule has 0 spiro atoms. The van der Waals surface area contributed by atoms with Gasteiger partial charge in [0, 0.05) is 18.0 Å². The van der Waals surface area contributed by atoms with Gasteiger partial charge in [-0.2, -0.15) is 0 Å². The average Bonchev–Trinajstić information content (AvgIpc) is 2.99. The van der Waals surface area contributed by atoms with Gasteiger partial charge < -0.3 is 24.3 Å². The number of rotatable bonds is 12. The van der Waals surface area contributed by atoms with Crippen molar-refractivity contribution < 1.29 is 23.8 Å². The summed E-state index contributed by atoms with van der Waals surface area (Å²) in [5, 5.41) is 2.89. The highest BCUT2D eigenvalue weighted by Gasteiger charge is 2.38. The van der Waals surface area contributed by atoms with Gasteiger partial charge in [0.05, 0.1) is 20.8 Å². The molecule has 206 valence electrons. The van der Waals surface area contributed by atoms with E-state index < -0.39 is 5.60 Å². The van der Waals surface area contributed by atoms with Gasteiger partial charge >= 0.3 is 0 Å². The molecule has 0 bridgehead atoms. The summed E-state index contributed by atoms with van der Waals surface area (Å²) in [7, 11) is 3.30. The summed E-state index contributed by atoms with van der Waals surface area (Å²) in [4.78, 5) is 23.8. The topological polar surface area (TPSA) is 73.9 Å². The largest absolute Gasteiger partial charge is 0.497 e. The Morgan fingerprint density at radius 3 is 1.70 bits per heavy atom. The number of nitrogens with one attached hydrogen (secondary N) is 1. The minimum absolute atomic E-state index is 0.00855. The normalized spacial score (nSPS) is 11.9. The number of hydrogen-bond donors (Lipinski definition) is 1. The second kappa shape index (κ2) is 13.1. The lowest BCUT2D eigenvalue weighted by Crippen LogP contribution is -2.32. The second-order valence-electron chi connectivity index (χ2n) is 9.79. The first-order valence-corrected chi connectivity index (χ1v) is 13.2. The van der Waals surface area contributed by atoms with Crippen LogP contribution in [0.15, 0.2) is 103 Å². The SMILES string of the molecule is COc1ccc(C(OCc2ccc(NC(=O)C(C)CC(C)=O)cc2)(c2ccccc2)c2ccc(OC)cc2)cc1. The molecule has 4 rings (SSSR count). The standard InChI is InChI=1S/C34H35NO5/c1-24(22-25(2)36)33(37)35-30-16-10-26(11-17-30)23-40-34(27-8-6-5-7-9-27,28-12-18-31(38-3)19-13-28)29-14-20-32(39-4)21-15-29/h5-21,24H,22-23H2,1-4H3,(H,35,37). The van der Waals surface area contributed by atoms with Crippen LogP contribution in [0.5, 0.6) is 11.5 Å². The van der Waals surface area contributed by atoms with E-state index >= 15 is 0 Å².